The molecule has 1 saturated heterocycles. The maximum atomic E-state index is 12.4. The van der Waals surface area contributed by atoms with Crippen LogP contribution < -0.4 is 5.32 Å². The van der Waals surface area contributed by atoms with Gasteiger partial charge >= 0.3 is 0 Å². The lowest BCUT2D eigenvalue weighted by Crippen LogP contribution is -2.44. The van der Waals surface area contributed by atoms with Gasteiger partial charge in [-0.25, -0.2) is 8.42 Å². The Bertz CT molecular complexity index is 357. The highest BCUT2D eigenvalue weighted by Gasteiger charge is 2.34. The minimum atomic E-state index is -3.04. The van der Waals surface area contributed by atoms with E-state index in [1.165, 1.54) is 0 Å². The third-order valence-electron chi connectivity index (χ3n) is 3.97. The van der Waals surface area contributed by atoms with Gasteiger partial charge in [-0.15, -0.1) is 0 Å². The summed E-state index contributed by atoms with van der Waals surface area (Å²) in [6.07, 6.45) is 4.39. The number of hydrogen-bond donors (Lipinski definition) is 1. The normalized spacial score (nSPS) is 22.9. The fraction of sp³-hybridized carbons (Fsp3) is 1.00. The Morgan fingerprint density at radius 2 is 1.72 bits per heavy atom. The minimum Gasteiger partial charge on any atom is -0.317 e. The predicted molar refractivity (Wildman–Crippen MR) is 73.9 cm³/mol. The molecule has 1 heterocycles. The Kier molecular flexibility index (Phi) is 4.67. The number of piperidine rings is 1. The summed E-state index contributed by atoms with van der Waals surface area (Å²) < 4.78 is 26.6. The number of rotatable bonds is 6. The van der Waals surface area contributed by atoms with Gasteiger partial charge in [0.15, 0.2) is 0 Å². The number of sulfonamides is 1. The summed E-state index contributed by atoms with van der Waals surface area (Å²) in [7, 11) is -3.04. The summed E-state index contributed by atoms with van der Waals surface area (Å²) in [6.45, 7) is 6.75. The average molecular weight is 274 g/mol. The van der Waals surface area contributed by atoms with Gasteiger partial charge in [0.1, 0.15) is 0 Å². The first-order valence-electron chi connectivity index (χ1n) is 7.19. The Labute approximate surface area is 111 Å². The predicted octanol–water partition coefficient (Wildman–Crippen LogP) is 1.44. The van der Waals surface area contributed by atoms with E-state index in [4.69, 9.17) is 0 Å². The molecule has 1 saturated carbocycles. The molecule has 0 atom stereocenters. The molecular weight excluding hydrogens is 248 g/mol. The summed E-state index contributed by atoms with van der Waals surface area (Å²) in [5.41, 5.74) is 0. The molecule has 2 aliphatic rings. The van der Waals surface area contributed by atoms with Gasteiger partial charge < -0.3 is 5.32 Å². The lowest BCUT2D eigenvalue weighted by molar-refractivity contribution is 0.260. The molecule has 0 bridgehead atoms. The highest BCUT2D eigenvalue weighted by atomic mass is 32.2. The molecule has 0 amide bonds. The SMILES string of the molecule is CC(C)N(CC1CCNCC1)S(=O)(=O)CC1CC1. The average Bonchev–Trinajstić information content (AvgIpc) is 3.10. The Balaban J connectivity index is 1.97. The molecule has 0 aromatic carbocycles. The maximum Gasteiger partial charge on any atom is 0.214 e. The molecule has 0 aromatic rings. The van der Waals surface area contributed by atoms with Gasteiger partial charge in [0.25, 0.3) is 0 Å². The molecular formula is C13H26N2O2S. The summed E-state index contributed by atoms with van der Waals surface area (Å²) in [4.78, 5) is 0. The Morgan fingerprint density at radius 3 is 2.22 bits per heavy atom. The maximum absolute atomic E-state index is 12.4. The molecule has 0 aromatic heterocycles. The monoisotopic (exact) mass is 274 g/mol. The fourth-order valence-electron chi connectivity index (χ4n) is 2.64. The van der Waals surface area contributed by atoms with Crippen LogP contribution in [0.5, 0.6) is 0 Å². The van der Waals surface area contributed by atoms with Crippen molar-refractivity contribution in [3.05, 3.63) is 0 Å². The highest BCUT2D eigenvalue weighted by Crippen LogP contribution is 2.32. The van der Waals surface area contributed by atoms with Crippen molar-refractivity contribution < 1.29 is 8.42 Å². The van der Waals surface area contributed by atoms with Crippen molar-refractivity contribution in [2.75, 3.05) is 25.4 Å². The molecule has 106 valence electrons. The van der Waals surface area contributed by atoms with Crippen LogP contribution in [0.2, 0.25) is 0 Å². The Hall–Kier alpha value is -0.130. The van der Waals surface area contributed by atoms with Crippen molar-refractivity contribution in [2.24, 2.45) is 11.8 Å². The first-order chi connectivity index (χ1) is 8.49. The van der Waals surface area contributed by atoms with Crippen molar-refractivity contribution in [2.45, 2.75) is 45.6 Å². The highest BCUT2D eigenvalue weighted by molar-refractivity contribution is 7.89. The molecule has 18 heavy (non-hydrogen) atoms. The van der Waals surface area contributed by atoms with Crippen LogP contribution in [0.1, 0.15) is 39.5 Å². The second kappa shape index (κ2) is 5.88. The second-order valence-corrected chi connectivity index (χ2v) is 8.04. The van der Waals surface area contributed by atoms with E-state index in [1.807, 2.05) is 13.8 Å². The zero-order valence-corrected chi connectivity index (χ0v) is 12.4. The van der Waals surface area contributed by atoms with Gasteiger partial charge in [-0.1, -0.05) is 0 Å². The van der Waals surface area contributed by atoms with Crippen molar-refractivity contribution in [3.8, 4) is 0 Å². The van der Waals surface area contributed by atoms with E-state index in [0.29, 0.717) is 24.1 Å². The summed E-state index contributed by atoms with van der Waals surface area (Å²) in [5.74, 6) is 1.34. The first-order valence-corrected chi connectivity index (χ1v) is 8.80. The van der Waals surface area contributed by atoms with Crippen molar-refractivity contribution >= 4 is 10.0 Å². The van der Waals surface area contributed by atoms with E-state index in [1.54, 1.807) is 4.31 Å². The molecule has 1 aliphatic heterocycles. The Morgan fingerprint density at radius 1 is 1.11 bits per heavy atom. The molecule has 2 rings (SSSR count). The van der Waals surface area contributed by atoms with E-state index in [-0.39, 0.29) is 6.04 Å². The number of nitrogens with zero attached hydrogens (tertiary/aromatic N) is 1. The fourth-order valence-corrected chi connectivity index (χ4v) is 4.84. The van der Waals surface area contributed by atoms with E-state index < -0.39 is 10.0 Å². The molecule has 1 N–H and O–H groups in total. The van der Waals surface area contributed by atoms with E-state index in [2.05, 4.69) is 5.32 Å². The van der Waals surface area contributed by atoms with Crippen LogP contribution in [0.25, 0.3) is 0 Å². The van der Waals surface area contributed by atoms with Crippen molar-refractivity contribution in [3.63, 3.8) is 0 Å². The quantitative estimate of drug-likeness (QED) is 0.797. The summed E-state index contributed by atoms with van der Waals surface area (Å²) in [5, 5.41) is 3.33. The van der Waals surface area contributed by atoms with Gasteiger partial charge in [0.2, 0.25) is 10.0 Å². The molecule has 5 heteroatoms. The summed E-state index contributed by atoms with van der Waals surface area (Å²) in [6, 6.07) is 0.0867. The van der Waals surface area contributed by atoms with E-state index >= 15 is 0 Å². The third-order valence-corrected chi connectivity index (χ3v) is 6.15. The van der Waals surface area contributed by atoms with Crippen LogP contribution in [-0.4, -0.2) is 44.2 Å². The zero-order chi connectivity index (χ0) is 13.2. The van der Waals surface area contributed by atoms with Crippen LogP contribution in [0, 0.1) is 11.8 Å². The first kappa shape index (κ1) is 14.3. The van der Waals surface area contributed by atoms with Gasteiger partial charge in [0, 0.05) is 12.6 Å². The minimum absolute atomic E-state index is 0.0867. The van der Waals surface area contributed by atoms with Gasteiger partial charge in [-0.05, 0) is 64.5 Å². The van der Waals surface area contributed by atoms with Gasteiger partial charge in [-0.3, -0.25) is 0 Å². The summed E-state index contributed by atoms with van der Waals surface area (Å²) >= 11 is 0. The van der Waals surface area contributed by atoms with Crippen molar-refractivity contribution in [1.29, 1.82) is 0 Å². The standard InChI is InChI=1S/C13H26N2O2S/c1-11(2)15(9-12-5-7-14-8-6-12)18(16,17)10-13-3-4-13/h11-14H,3-10H2,1-2H3. The second-order valence-electron chi connectivity index (χ2n) is 6.08. The van der Waals surface area contributed by atoms with Gasteiger partial charge in [0.05, 0.1) is 5.75 Å². The van der Waals surface area contributed by atoms with Crippen LogP contribution in [0.4, 0.5) is 0 Å². The van der Waals surface area contributed by atoms with Crippen LogP contribution in [0.15, 0.2) is 0 Å². The molecule has 4 nitrogen and oxygen atoms in total. The molecule has 1 aliphatic carbocycles. The molecule has 0 radical (unpaired) electrons. The molecule has 0 unspecified atom stereocenters. The largest absolute Gasteiger partial charge is 0.317 e. The van der Waals surface area contributed by atoms with Crippen LogP contribution in [-0.2, 0) is 10.0 Å². The smallest absolute Gasteiger partial charge is 0.214 e. The number of nitrogens with one attached hydrogen (secondary N) is 1. The molecule has 0 spiro atoms. The van der Waals surface area contributed by atoms with E-state index in [9.17, 15) is 8.42 Å². The van der Waals surface area contributed by atoms with Gasteiger partial charge in [-0.2, -0.15) is 4.31 Å². The van der Waals surface area contributed by atoms with Crippen molar-refractivity contribution in [1.82, 2.24) is 9.62 Å². The van der Waals surface area contributed by atoms with Crippen LogP contribution >= 0.6 is 0 Å². The topological polar surface area (TPSA) is 49.4 Å². The third kappa shape index (κ3) is 3.93. The van der Waals surface area contributed by atoms with E-state index in [0.717, 1.165) is 38.8 Å². The zero-order valence-electron chi connectivity index (χ0n) is 11.6. The number of hydrogen-bond acceptors (Lipinski definition) is 3. The lowest BCUT2D eigenvalue weighted by atomic mass is 9.98. The molecule has 2 fully saturated rings. The lowest BCUT2D eigenvalue weighted by Gasteiger charge is -2.32. The van der Waals surface area contributed by atoms with Crippen LogP contribution in [0.3, 0.4) is 0 Å².